The minimum atomic E-state index is -0.972. The third-order valence-electron chi connectivity index (χ3n) is 3.24. The molecule has 4 N–H and O–H groups in total. The summed E-state index contributed by atoms with van der Waals surface area (Å²) in [6, 6.07) is 2.31. The molecule has 98 valence electrons. The molecule has 1 atom stereocenters. The molecule has 0 saturated carbocycles. The van der Waals surface area contributed by atoms with Gasteiger partial charge in [-0.05, 0) is 25.0 Å². The third-order valence-corrected chi connectivity index (χ3v) is 3.24. The number of carbonyl (C=O) groups is 1. The number of benzene rings is 1. The minimum absolute atomic E-state index is 0.0287. The van der Waals surface area contributed by atoms with Crippen LogP contribution in [-0.4, -0.2) is 19.0 Å². The molecule has 1 aromatic carbocycles. The first-order valence-corrected chi connectivity index (χ1v) is 5.78. The van der Waals surface area contributed by atoms with E-state index >= 15 is 0 Å². The highest BCUT2D eigenvalue weighted by atomic mass is 19.2. The van der Waals surface area contributed by atoms with Crippen molar-refractivity contribution in [1.82, 2.24) is 0 Å². The summed E-state index contributed by atoms with van der Waals surface area (Å²) in [6.45, 7) is 0.814. The van der Waals surface area contributed by atoms with Crippen molar-refractivity contribution in [2.24, 2.45) is 11.7 Å². The number of nitrogens with two attached hydrogens (primary N) is 2. The molecule has 18 heavy (non-hydrogen) atoms. The van der Waals surface area contributed by atoms with Crippen LogP contribution in [0.4, 0.5) is 20.2 Å². The lowest BCUT2D eigenvalue weighted by Crippen LogP contribution is -2.41. The summed E-state index contributed by atoms with van der Waals surface area (Å²) in [4.78, 5) is 12.8. The minimum Gasteiger partial charge on any atom is -0.397 e. The predicted molar refractivity (Wildman–Crippen MR) is 64.9 cm³/mol. The van der Waals surface area contributed by atoms with Gasteiger partial charge < -0.3 is 16.4 Å². The van der Waals surface area contributed by atoms with Gasteiger partial charge in [-0.1, -0.05) is 0 Å². The number of rotatable bonds is 2. The summed E-state index contributed by atoms with van der Waals surface area (Å²) in [5.41, 5.74) is 11.1. The second-order valence-corrected chi connectivity index (χ2v) is 4.49. The SMILES string of the molecule is NC(=O)C1CCCN(c2c(N)ccc(F)c2F)C1. The smallest absolute Gasteiger partial charge is 0.222 e. The van der Waals surface area contributed by atoms with Crippen LogP contribution in [0.15, 0.2) is 12.1 Å². The van der Waals surface area contributed by atoms with Crippen LogP contribution in [0.5, 0.6) is 0 Å². The lowest BCUT2D eigenvalue weighted by molar-refractivity contribution is -0.122. The summed E-state index contributed by atoms with van der Waals surface area (Å²) in [5, 5.41) is 0. The fourth-order valence-corrected chi connectivity index (χ4v) is 2.29. The first-order chi connectivity index (χ1) is 8.50. The standard InChI is InChI=1S/C12H15F2N3O/c13-8-3-4-9(15)11(10(8)14)17-5-1-2-7(6-17)12(16)18/h3-4,7H,1-2,5-6,15H2,(H2,16,18). The molecule has 1 aromatic rings. The van der Waals surface area contributed by atoms with E-state index in [0.29, 0.717) is 19.4 Å². The van der Waals surface area contributed by atoms with Crippen LogP contribution in [0.3, 0.4) is 0 Å². The first-order valence-electron chi connectivity index (χ1n) is 5.78. The Kier molecular flexibility index (Phi) is 3.36. The largest absolute Gasteiger partial charge is 0.397 e. The molecule has 0 radical (unpaired) electrons. The van der Waals surface area contributed by atoms with Crippen LogP contribution in [0.2, 0.25) is 0 Å². The summed E-state index contributed by atoms with van der Waals surface area (Å²) in [7, 11) is 0. The van der Waals surface area contributed by atoms with Gasteiger partial charge in [0.15, 0.2) is 11.6 Å². The van der Waals surface area contributed by atoms with Crippen molar-refractivity contribution in [2.75, 3.05) is 23.7 Å². The van der Waals surface area contributed by atoms with Crippen LogP contribution >= 0.6 is 0 Å². The lowest BCUT2D eigenvalue weighted by atomic mass is 9.97. The number of carbonyl (C=O) groups excluding carboxylic acids is 1. The third kappa shape index (κ3) is 2.23. The lowest BCUT2D eigenvalue weighted by Gasteiger charge is -2.33. The maximum absolute atomic E-state index is 13.8. The molecule has 2 rings (SSSR count). The van der Waals surface area contributed by atoms with Crippen LogP contribution < -0.4 is 16.4 Å². The zero-order valence-electron chi connectivity index (χ0n) is 9.83. The average molecular weight is 255 g/mol. The van der Waals surface area contributed by atoms with Crippen LogP contribution in [0.25, 0.3) is 0 Å². The summed E-state index contributed by atoms with van der Waals surface area (Å²) < 4.78 is 27.0. The zero-order chi connectivity index (χ0) is 13.3. The summed E-state index contributed by atoms with van der Waals surface area (Å²) in [5.74, 6) is -2.68. The van der Waals surface area contributed by atoms with Crippen LogP contribution in [-0.2, 0) is 4.79 Å². The Hall–Kier alpha value is -1.85. The van der Waals surface area contributed by atoms with Crippen molar-refractivity contribution >= 4 is 17.3 Å². The van der Waals surface area contributed by atoms with Crippen molar-refractivity contribution in [2.45, 2.75) is 12.8 Å². The monoisotopic (exact) mass is 255 g/mol. The van der Waals surface area contributed by atoms with Crippen LogP contribution in [0, 0.1) is 17.6 Å². The van der Waals surface area contributed by atoms with Gasteiger partial charge in [-0.3, -0.25) is 4.79 Å². The Morgan fingerprint density at radius 2 is 2.11 bits per heavy atom. The second-order valence-electron chi connectivity index (χ2n) is 4.49. The quantitative estimate of drug-likeness (QED) is 0.781. The molecule has 1 aliphatic heterocycles. The Morgan fingerprint density at radius 3 is 2.78 bits per heavy atom. The predicted octanol–water partition coefficient (Wildman–Crippen LogP) is 1.25. The molecule has 0 bridgehead atoms. The van der Waals surface area contributed by atoms with Gasteiger partial charge in [0, 0.05) is 13.1 Å². The number of amides is 1. The molecule has 6 heteroatoms. The van der Waals surface area contributed by atoms with Gasteiger partial charge in [0.05, 0.1) is 17.3 Å². The molecule has 0 aromatic heterocycles. The maximum atomic E-state index is 13.8. The Labute approximate surface area is 104 Å². The van der Waals surface area contributed by atoms with Crippen molar-refractivity contribution in [3.8, 4) is 0 Å². The van der Waals surface area contributed by atoms with Gasteiger partial charge in [-0.15, -0.1) is 0 Å². The van der Waals surface area contributed by atoms with Crippen LogP contribution in [0.1, 0.15) is 12.8 Å². The molecule has 0 aliphatic carbocycles. The fraction of sp³-hybridized carbons (Fsp3) is 0.417. The highest BCUT2D eigenvalue weighted by molar-refractivity contribution is 5.78. The second kappa shape index (κ2) is 4.80. The summed E-state index contributed by atoms with van der Waals surface area (Å²) in [6.07, 6.45) is 1.37. The molecule has 1 unspecified atom stereocenters. The number of nitrogens with zero attached hydrogens (tertiary/aromatic N) is 1. The van der Waals surface area contributed by atoms with Gasteiger partial charge >= 0.3 is 0 Å². The van der Waals surface area contributed by atoms with Crippen molar-refractivity contribution in [3.63, 3.8) is 0 Å². The number of anilines is 2. The normalized spacial score (nSPS) is 19.9. The van der Waals surface area contributed by atoms with E-state index in [-0.39, 0.29) is 23.8 Å². The molecule has 1 fully saturated rings. The molecule has 1 aliphatic rings. The average Bonchev–Trinajstić information content (AvgIpc) is 2.35. The number of hydrogen-bond donors (Lipinski definition) is 2. The molecule has 1 heterocycles. The topological polar surface area (TPSA) is 72.4 Å². The number of halogens is 2. The summed E-state index contributed by atoms with van der Waals surface area (Å²) >= 11 is 0. The van der Waals surface area contributed by atoms with E-state index in [9.17, 15) is 13.6 Å². The number of piperidine rings is 1. The van der Waals surface area contributed by atoms with Gasteiger partial charge in [-0.25, -0.2) is 8.78 Å². The number of primary amides is 1. The van der Waals surface area contributed by atoms with Crippen molar-refractivity contribution in [3.05, 3.63) is 23.8 Å². The van der Waals surface area contributed by atoms with E-state index < -0.39 is 17.5 Å². The van der Waals surface area contributed by atoms with E-state index in [2.05, 4.69) is 0 Å². The number of hydrogen-bond acceptors (Lipinski definition) is 3. The Morgan fingerprint density at radius 1 is 1.39 bits per heavy atom. The molecular weight excluding hydrogens is 240 g/mol. The van der Waals surface area contributed by atoms with E-state index in [1.165, 1.54) is 6.07 Å². The molecule has 4 nitrogen and oxygen atoms in total. The molecule has 1 amide bonds. The van der Waals surface area contributed by atoms with E-state index in [1.807, 2.05) is 0 Å². The van der Waals surface area contributed by atoms with E-state index in [4.69, 9.17) is 11.5 Å². The Bertz CT molecular complexity index is 479. The van der Waals surface area contributed by atoms with Gasteiger partial charge in [0.1, 0.15) is 0 Å². The maximum Gasteiger partial charge on any atom is 0.222 e. The highest BCUT2D eigenvalue weighted by Gasteiger charge is 2.27. The van der Waals surface area contributed by atoms with E-state index in [0.717, 1.165) is 6.07 Å². The van der Waals surface area contributed by atoms with Crippen molar-refractivity contribution in [1.29, 1.82) is 0 Å². The van der Waals surface area contributed by atoms with E-state index in [1.54, 1.807) is 4.90 Å². The Balaban J connectivity index is 2.31. The molecular formula is C12H15F2N3O. The molecule has 0 spiro atoms. The van der Waals surface area contributed by atoms with Gasteiger partial charge in [0.2, 0.25) is 5.91 Å². The van der Waals surface area contributed by atoms with Gasteiger partial charge in [-0.2, -0.15) is 0 Å². The first kappa shape index (κ1) is 12.6. The fourth-order valence-electron chi connectivity index (χ4n) is 2.29. The van der Waals surface area contributed by atoms with Gasteiger partial charge in [0.25, 0.3) is 0 Å². The molecule has 1 saturated heterocycles. The van der Waals surface area contributed by atoms with Crippen molar-refractivity contribution < 1.29 is 13.6 Å². The number of nitrogen functional groups attached to an aromatic ring is 1. The highest BCUT2D eigenvalue weighted by Crippen LogP contribution is 2.32. The zero-order valence-corrected chi connectivity index (χ0v) is 9.83.